The van der Waals surface area contributed by atoms with E-state index in [1.54, 1.807) is 36.4 Å². The Hall–Kier alpha value is -4.33. The van der Waals surface area contributed by atoms with Crippen LogP contribution in [0.25, 0.3) is 5.76 Å². The van der Waals surface area contributed by atoms with E-state index in [9.17, 15) is 19.1 Å². The molecule has 1 fully saturated rings. The van der Waals surface area contributed by atoms with Crippen molar-refractivity contribution in [3.05, 3.63) is 89.2 Å². The molecule has 1 atom stereocenters. The lowest BCUT2D eigenvalue weighted by molar-refractivity contribution is -0.132. The first-order valence-corrected chi connectivity index (χ1v) is 10.3. The lowest BCUT2D eigenvalue weighted by atomic mass is 9.94. The van der Waals surface area contributed by atoms with Gasteiger partial charge in [0.1, 0.15) is 28.8 Å². The van der Waals surface area contributed by atoms with Gasteiger partial charge in [-0.05, 0) is 60.2 Å². The number of methoxy groups -OCH3 is 3. The molecule has 3 aromatic carbocycles. The minimum Gasteiger partial charge on any atom is -0.507 e. The van der Waals surface area contributed by atoms with Crippen LogP contribution in [0, 0.1) is 5.82 Å². The first-order chi connectivity index (χ1) is 16.4. The average molecular weight is 463 g/mol. The van der Waals surface area contributed by atoms with E-state index in [0.717, 1.165) is 0 Å². The van der Waals surface area contributed by atoms with Gasteiger partial charge in [-0.15, -0.1) is 0 Å². The number of hydrogen-bond acceptors (Lipinski definition) is 6. The van der Waals surface area contributed by atoms with Crippen LogP contribution in [-0.2, 0) is 9.59 Å². The summed E-state index contributed by atoms with van der Waals surface area (Å²) in [5, 5.41) is 11.4. The van der Waals surface area contributed by atoms with Gasteiger partial charge in [-0.3, -0.25) is 14.5 Å². The molecule has 4 rings (SSSR count). The van der Waals surface area contributed by atoms with Crippen molar-refractivity contribution in [3.8, 4) is 17.2 Å². The molecule has 1 aliphatic rings. The quantitative estimate of drug-likeness (QED) is 0.330. The second-order valence-electron chi connectivity index (χ2n) is 7.49. The van der Waals surface area contributed by atoms with Gasteiger partial charge >= 0.3 is 0 Å². The number of amides is 1. The zero-order valence-electron chi connectivity index (χ0n) is 18.7. The van der Waals surface area contributed by atoms with Crippen molar-refractivity contribution in [3.63, 3.8) is 0 Å². The summed E-state index contributed by atoms with van der Waals surface area (Å²) in [6.07, 6.45) is 0. The molecule has 34 heavy (non-hydrogen) atoms. The van der Waals surface area contributed by atoms with Crippen LogP contribution < -0.4 is 19.1 Å². The van der Waals surface area contributed by atoms with Gasteiger partial charge in [0, 0.05) is 5.69 Å². The number of rotatable bonds is 6. The third-order valence-corrected chi connectivity index (χ3v) is 5.62. The maximum Gasteiger partial charge on any atom is 0.300 e. The Labute approximate surface area is 195 Å². The number of ketones is 1. The number of aliphatic hydroxyl groups excluding tert-OH is 1. The number of halogens is 1. The lowest BCUT2D eigenvalue weighted by Gasteiger charge is -2.26. The molecule has 0 aromatic heterocycles. The van der Waals surface area contributed by atoms with Crippen LogP contribution in [0.1, 0.15) is 17.2 Å². The highest BCUT2D eigenvalue weighted by molar-refractivity contribution is 6.51. The van der Waals surface area contributed by atoms with E-state index in [-0.39, 0.29) is 16.9 Å². The number of anilines is 1. The van der Waals surface area contributed by atoms with Gasteiger partial charge in [0.2, 0.25) is 0 Å². The van der Waals surface area contributed by atoms with Crippen LogP contribution in [0.5, 0.6) is 17.2 Å². The minimum absolute atomic E-state index is 0.144. The number of nitrogens with zero attached hydrogens (tertiary/aromatic N) is 1. The molecule has 0 aliphatic carbocycles. The van der Waals surface area contributed by atoms with Gasteiger partial charge in [-0.1, -0.05) is 12.1 Å². The molecule has 3 aromatic rings. The van der Waals surface area contributed by atoms with Crippen LogP contribution in [0.3, 0.4) is 0 Å². The summed E-state index contributed by atoms with van der Waals surface area (Å²) in [7, 11) is 4.39. The van der Waals surface area contributed by atoms with Crippen LogP contribution in [0.4, 0.5) is 10.1 Å². The largest absolute Gasteiger partial charge is 0.507 e. The van der Waals surface area contributed by atoms with Crippen molar-refractivity contribution in [2.24, 2.45) is 0 Å². The molecular weight excluding hydrogens is 441 g/mol. The highest BCUT2D eigenvalue weighted by Gasteiger charge is 2.47. The Morgan fingerprint density at radius 1 is 0.882 bits per heavy atom. The fraction of sp³-hybridized carbons (Fsp3) is 0.154. The summed E-state index contributed by atoms with van der Waals surface area (Å²) < 4.78 is 29.5. The predicted octanol–water partition coefficient (Wildman–Crippen LogP) is 4.48. The molecule has 7 nitrogen and oxygen atoms in total. The summed E-state index contributed by atoms with van der Waals surface area (Å²) in [4.78, 5) is 27.7. The summed E-state index contributed by atoms with van der Waals surface area (Å²) in [5.74, 6) is -1.45. The first kappa shape index (κ1) is 22.8. The molecule has 1 saturated heterocycles. The number of carbonyl (C=O) groups excluding carboxylic acids is 2. The van der Waals surface area contributed by atoms with E-state index in [0.29, 0.717) is 22.7 Å². The van der Waals surface area contributed by atoms with Crippen molar-refractivity contribution >= 4 is 23.1 Å². The van der Waals surface area contributed by atoms with E-state index in [2.05, 4.69) is 0 Å². The number of hydrogen-bond donors (Lipinski definition) is 1. The van der Waals surface area contributed by atoms with Crippen LogP contribution in [0.2, 0.25) is 0 Å². The van der Waals surface area contributed by atoms with Crippen LogP contribution in [-0.4, -0.2) is 38.1 Å². The fourth-order valence-electron chi connectivity index (χ4n) is 3.97. The van der Waals surface area contributed by atoms with E-state index in [1.165, 1.54) is 56.6 Å². The highest BCUT2D eigenvalue weighted by Crippen LogP contribution is 2.44. The normalized spacial score (nSPS) is 17.1. The number of ether oxygens (including phenoxy) is 3. The van der Waals surface area contributed by atoms with Gasteiger partial charge in [-0.25, -0.2) is 4.39 Å². The summed E-state index contributed by atoms with van der Waals surface area (Å²) in [6.45, 7) is 0. The van der Waals surface area contributed by atoms with Gasteiger partial charge < -0.3 is 19.3 Å². The van der Waals surface area contributed by atoms with E-state index in [4.69, 9.17) is 14.2 Å². The number of Topliss-reactive ketones (excluding diaryl/α,β-unsaturated/α-hetero) is 1. The predicted molar refractivity (Wildman–Crippen MR) is 124 cm³/mol. The highest BCUT2D eigenvalue weighted by atomic mass is 19.1. The average Bonchev–Trinajstić information content (AvgIpc) is 3.14. The second-order valence-corrected chi connectivity index (χ2v) is 7.49. The monoisotopic (exact) mass is 463 g/mol. The molecule has 0 saturated carbocycles. The van der Waals surface area contributed by atoms with Crippen LogP contribution >= 0.6 is 0 Å². The number of benzene rings is 3. The lowest BCUT2D eigenvalue weighted by Crippen LogP contribution is -2.29. The zero-order valence-corrected chi connectivity index (χ0v) is 18.7. The Balaban J connectivity index is 1.99. The molecule has 1 N–H and O–H groups in total. The molecule has 0 bridgehead atoms. The summed E-state index contributed by atoms with van der Waals surface area (Å²) in [6, 6.07) is 15.8. The zero-order chi connectivity index (χ0) is 24.4. The Kier molecular flexibility index (Phi) is 6.23. The molecule has 1 aliphatic heterocycles. The molecule has 0 radical (unpaired) electrons. The van der Waals surface area contributed by atoms with Gasteiger partial charge in [0.25, 0.3) is 11.7 Å². The molecule has 1 amide bonds. The van der Waals surface area contributed by atoms with Crippen molar-refractivity contribution < 1.29 is 33.3 Å². The standard InChI is InChI=1S/C26H22FNO6/c1-32-18-6-4-5-15(13-18)23-22(24(29)20-14-19(33-2)11-12-21(20)34-3)25(30)26(31)28(23)17-9-7-16(27)8-10-17/h4-14,23,29H,1-3H3/b24-22+. The van der Waals surface area contributed by atoms with Gasteiger partial charge in [0.15, 0.2) is 0 Å². The maximum atomic E-state index is 13.6. The van der Waals surface area contributed by atoms with Crippen molar-refractivity contribution in [2.45, 2.75) is 6.04 Å². The summed E-state index contributed by atoms with van der Waals surface area (Å²) in [5.41, 5.74) is 0.861. The van der Waals surface area contributed by atoms with Gasteiger partial charge in [-0.2, -0.15) is 0 Å². The number of carbonyl (C=O) groups is 2. The molecule has 0 spiro atoms. The summed E-state index contributed by atoms with van der Waals surface area (Å²) >= 11 is 0. The van der Waals surface area contributed by atoms with E-state index >= 15 is 0 Å². The van der Waals surface area contributed by atoms with Crippen LogP contribution in [0.15, 0.2) is 72.3 Å². The topological polar surface area (TPSA) is 85.3 Å². The SMILES string of the molecule is COc1cccc(C2/C(=C(\O)c3cc(OC)ccc3OC)C(=O)C(=O)N2c2ccc(F)cc2)c1. The fourth-order valence-corrected chi connectivity index (χ4v) is 3.97. The molecule has 1 unspecified atom stereocenters. The molecule has 1 heterocycles. The molecule has 8 heteroatoms. The van der Waals surface area contributed by atoms with Gasteiger partial charge in [0.05, 0.1) is 38.5 Å². The van der Waals surface area contributed by atoms with E-state index in [1.807, 2.05) is 0 Å². The smallest absolute Gasteiger partial charge is 0.300 e. The third kappa shape index (κ3) is 3.94. The Bertz CT molecular complexity index is 1280. The minimum atomic E-state index is -1.00. The van der Waals surface area contributed by atoms with E-state index < -0.39 is 29.3 Å². The number of aliphatic hydroxyl groups is 1. The van der Waals surface area contributed by atoms with Crippen molar-refractivity contribution in [1.29, 1.82) is 0 Å². The molecular formula is C26H22FNO6. The molecule has 174 valence electrons. The van der Waals surface area contributed by atoms with Crippen molar-refractivity contribution in [2.75, 3.05) is 26.2 Å². The third-order valence-electron chi connectivity index (χ3n) is 5.62. The Morgan fingerprint density at radius 2 is 1.56 bits per heavy atom. The maximum absolute atomic E-state index is 13.6. The van der Waals surface area contributed by atoms with Crippen molar-refractivity contribution in [1.82, 2.24) is 0 Å². The first-order valence-electron chi connectivity index (χ1n) is 10.3. The second kappa shape index (κ2) is 9.27. The Morgan fingerprint density at radius 3 is 2.21 bits per heavy atom.